The Morgan fingerprint density at radius 2 is 2.03 bits per heavy atom. The van der Waals surface area contributed by atoms with Crippen molar-refractivity contribution in [3.63, 3.8) is 0 Å². The van der Waals surface area contributed by atoms with Crippen molar-refractivity contribution in [3.8, 4) is 17.4 Å². The van der Waals surface area contributed by atoms with Crippen LogP contribution in [0.3, 0.4) is 0 Å². The SMILES string of the molecule is N#CC(=Cc1ccc(-c2ccc([N+](=O)[O-])cc2Cl)o1)c1nc2ccccc2c(=O)[nH]1. The molecule has 0 aliphatic heterocycles. The lowest BCUT2D eigenvalue weighted by Crippen LogP contribution is -2.11. The van der Waals surface area contributed by atoms with Crippen molar-refractivity contribution in [2.75, 3.05) is 0 Å². The van der Waals surface area contributed by atoms with Crippen LogP contribution in [0.25, 0.3) is 33.9 Å². The van der Waals surface area contributed by atoms with Crippen LogP contribution in [0.15, 0.2) is 63.8 Å². The molecule has 0 atom stereocenters. The Balaban J connectivity index is 1.72. The molecule has 0 fully saturated rings. The maximum absolute atomic E-state index is 12.3. The molecule has 0 unspecified atom stereocenters. The van der Waals surface area contributed by atoms with E-state index >= 15 is 0 Å². The third-order valence-electron chi connectivity index (χ3n) is 4.33. The molecule has 0 bridgehead atoms. The molecule has 0 amide bonds. The number of para-hydroxylation sites is 1. The molecule has 30 heavy (non-hydrogen) atoms. The number of nitriles is 1. The normalized spacial score (nSPS) is 11.4. The van der Waals surface area contributed by atoms with Crippen LogP contribution >= 0.6 is 11.6 Å². The average Bonchev–Trinajstić information content (AvgIpc) is 3.20. The second kappa shape index (κ2) is 7.66. The number of allylic oxidation sites excluding steroid dienone is 1. The van der Waals surface area contributed by atoms with Crippen LogP contribution in [-0.2, 0) is 0 Å². The van der Waals surface area contributed by atoms with Gasteiger partial charge in [-0.1, -0.05) is 23.7 Å². The zero-order chi connectivity index (χ0) is 21.3. The molecule has 0 aliphatic carbocycles. The number of nitro benzene ring substituents is 1. The van der Waals surface area contributed by atoms with Gasteiger partial charge in [-0.3, -0.25) is 14.9 Å². The van der Waals surface area contributed by atoms with Crippen LogP contribution in [0.2, 0.25) is 5.02 Å². The molecule has 9 heteroatoms. The van der Waals surface area contributed by atoms with Gasteiger partial charge in [0.25, 0.3) is 11.2 Å². The summed E-state index contributed by atoms with van der Waals surface area (Å²) in [5, 5.41) is 21.0. The zero-order valence-corrected chi connectivity index (χ0v) is 15.9. The number of halogens is 1. The highest BCUT2D eigenvalue weighted by Gasteiger charge is 2.14. The minimum atomic E-state index is -0.539. The quantitative estimate of drug-likeness (QED) is 0.288. The number of nitrogens with one attached hydrogen (secondary N) is 1. The number of nitrogens with zero attached hydrogens (tertiary/aromatic N) is 3. The highest BCUT2D eigenvalue weighted by Crippen LogP contribution is 2.33. The fourth-order valence-electron chi connectivity index (χ4n) is 2.90. The van der Waals surface area contributed by atoms with Crippen LogP contribution in [0.5, 0.6) is 0 Å². The molecule has 0 saturated carbocycles. The van der Waals surface area contributed by atoms with Crippen molar-refractivity contribution < 1.29 is 9.34 Å². The van der Waals surface area contributed by atoms with Crippen LogP contribution in [0.1, 0.15) is 11.6 Å². The molecular weight excluding hydrogens is 408 g/mol. The summed E-state index contributed by atoms with van der Waals surface area (Å²) in [5.74, 6) is 0.817. The van der Waals surface area contributed by atoms with Crippen molar-refractivity contribution >= 4 is 39.8 Å². The van der Waals surface area contributed by atoms with Crippen molar-refractivity contribution in [1.82, 2.24) is 9.97 Å². The number of furan rings is 1. The van der Waals surface area contributed by atoms with Gasteiger partial charge in [-0.25, -0.2) is 4.98 Å². The van der Waals surface area contributed by atoms with Gasteiger partial charge in [0.05, 0.1) is 26.4 Å². The molecule has 4 aromatic rings. The first-order chi connectivity index (χ1) is 14.5. The van der Waals surface area contributed by atoms with Gasteiger partial charge in [-0.05, 0) is 30.3 Å². The van der Waals surface area contributed by atoms with Crippen LogP contribution in [-0.4, -0.2) is 14.9 Å². The van der Waals surface area contributed by atoms with E-state index in [1.165, 1.54) is 24.3 Å². The van der Waals surface area contributed by atoms with Gasteiger partial charge in [0.1, 0.15) is 17.6 Å². The van der Waals surface area contributed by atoms with E-state index < -0.39 is 4.92 Å². The molecule has 0 radical (unpaired) electrons. The predicted octanol–water partition coefficient (Wildman–Crippen LogP) is 4.81. The van der Waals surface area contributed by atoms with Gasteiger partial charge < -0.3 is 9.40 Å². The van der Waals surface area contributed by atoms with Crippen LogP contribution in [0, 0.1) is 21.4 Å². The lowest BCUT2D eigenvalue weighted by Gasteiger charge is -2.02. The van der Waals surface area contributed by atoms with Gasteiger partial charge in [-0.15, -0.1) is 0 Å². The second-order valence-corrected chi connectivity index (χ2v) is 6.63. The number of nitro groups is 1. The Morgan fingerprint density at radius 1 is 1.23 bits per heavy atom. The molecule has 8 nitrogen and oxygen atoms in total. The third-order valence-corrected chi connectivity index (χ3v) is 4.64. The fourth-order valence-corrected chi connectivity index (χ4v) is 3.17. The summed E-state index contributed by atoms with van der Waals surface area (Å²) in [6, 6.07) is 16.1. The van der Waals surface area contributed by atoms with Crippen LogP contribution < -0.4 is 5.56 Å². The number of hydrogen-bond acceptors (Lipinski definition) is 6. The second-order valence-electron chi connectivity index (χ2n) is 6.22. The Kier molecular flexibility index (Phi) is 4.88. The number of rotatable bonds is 4. The number of fused-ring (bicyclic) bond motifs is 1. The number of aromatic nitrogens is 2. The number of aromatic amines is 1. The highest BCUT2D eigenvalue weighted by molar-refractivity contribution is 6.33. The monoisotopic (exact) mass is 418 g/mol. The molecule has 4 rings (SSSR count). The molecular formula is C21H11ClN4O4. The van der Waals surface area contributed by atoms with Gasteiger partial charge in [0.15, 0.2) is 5.82 Å². The minimum absolute atomic E-state index is 0.105. The smallest absolute Gasteiger partial charge is 0.270 e. The summed E-state index contributed by atoms with van der Waals surface area (Å²) in [4.78, 5) is 29.5. The van der Waals surface area contributed by atoms with Gasteiger partial charge in [-0.2, -0.15) is 5.26 Å². The Morgan fingerprint density at radius 3 is 2.77 bits per heavy atom. The molecule has 0 saturated heterocycles. The molecule has 2 aromatic heterocycles. The number of H-pyrrole nitrogens is 1. The summed E-state index contributed by atoms with van der Waals surface area (Å²) in [6.07, 6.45) is 1.44. The predicted molar refractivity (Wildman–Crippen MR) is 112 cm³/mol. The first kappa shape index (κ1) is 19.1. The molecule has 2 heterocycles. The van der Waals surface area contributed by atoms with E-state index in [1.54, 1.807) is 36.4 Å². The number of hydrogen-bond donors (Lipinski definition) is 1. The van der Waals surface area contributed by atoms with E-state index in [0.29, 0.717) is 28.0 Å². The van der Waals surface area contributed by atoms with E-state index in [-0.39, 0.29) is 27.7 Å². The first-order valence-corrected chi connectivity index (χ1v) is 8.99. The maximum Gasteiger partial charge on any atom is 0.270 e. The standard InChI is InChI=1S/C21H11ClN4O4/c22-17-10-13(26(28)29)5-7-15(17)19-8-6-14(30-19)9-12(11-23)20-24-18-4-2-1-3-16(18)21(27)25-20/h1-10H,(H,24,25,27). The van der Waals surface area contributed by atoms with Crippen molar-refractivity contribution in [1.29, 1.82) is 5.26 Å². The van der Waals surface area contributed by atoms with Gasteiger partial charge in [0.2, 0.25) is 0 Å². The lowest BCUT2D eigenvalue weighted by atomic mass is 10.1. The summed E-state index contributed by atoms with van der Waals surface area (Å²) >= 11 is 6.14. The molecule has 146 valence electrons. The van der Waals surface area contributed by atoms with Crippen LogP contribution in [0.4, 0.5) is 5.69 Å². The number of non-ortho nitro benzene ring substituents is 1. The molecule has 0 spiro atoms. The minimum Gasteiger partial charge on any atom is -0.457 e. The Labute approximate surface area is 173 Å². The summed E-state index contributed by atoms with van der Waals surface area (Å²) < 4.78 is 5.72. The summed E-state index contributed by atoms with van der Waals surface area (Å²) in [7, 11) is 0. The first-order valence-electron chi connectivity index (χ1n) is 8.61. The Bertz CT molecular complexity index is 1430. The zero-order valence-electron chi connectivity index (χ0n) is 15.1. The number of benzene rings is 2. The van der Waals surface area contributed by atoms with Crippen molar-refractivity contribution in [2.24, 2.45) is 0 Å². The molecule has 2 aromatic carbocycles. The van der Waals surface area contributed by atoms with Crippen molar-refractivity contribution in [2.45, 2.75) is 0 Å². The summed E-state index contributed by atoms with van der Waals surface area (Å²) in [6.45, 7) is 0. The van der Waals surface area contributed by atoms with E-state index in [4.69, 9.17) is 16.0 Å². The van der Waals surface area contributed by atoms with E-state index in [0.717, 1.165) is 0 Å². The average molecular weight is 419 g/mol. The van der Waals surface area contributed by atoms with Crippen molar-refractivity contribution in [3.05, 3.63) is 91.7 Å². The highest BCUT2D eigenvalue weighted by atomic mass is 35.5. The third kappa shape index (κ3) is 3.57. The maximum atomic E-state index is 12.3. The summed E-state index contributed by atoms with van der Waals surface area (Å²) in [5.41, 5.74) is 0.560. The van der Waals surface area contributed by atoms with Gasteiger partial charge in [0, 0.05) is 23.8 Å². The lowest BCUT2D eigenvalue weighted by molar-refractivity contribution is -0.384. The topological polar surface area (TPSA) is 126 Å². The molecule has 1 N–H and O–H groups in total. The fraction of sp³-hybridized carbons (Fsp3) is 0. The van der Waals surface area contributed by atoms with Gasteiger partial charge >= 0.3 is 0 Å². The van der Waals surface area contributed by atoms with E-state index in [9.17, 15) is 20.2 Å². The van der Waals surface area contributed by atoms with E-state index in [2.05, 4.69) is 9.97 Å². The molecule has 0 aliphatic rings. The van der Waals surface area contributed by atoms with E-state index in [1.807, 2.05) is 6.07 Å². The Hall–Kier alpha value is -4.22. The largest absolute Gasteiger partial charge is 0.457 e.